The Kier molecular flexibility index (Phi) is 10.6. The van der Waals surface area contributed by atoms with Crippen molar-refractivity contribution in [1.82, 2.24) is 4.98 Å². The first-order chi connectivity index (χ1) is 16.9. The van der Waals surface area contributed by atoms with Crippen LogP contribution in [0, 0.1) is 36.5 Å². The molecule has 2 heterocycles. The van der Waals surface area contributed by atoms with Gasteiger partial charge in [-0.3, -0.25) is 9.59 Å². The van der Waals surface area contributed by atoms with Gasteiger partial charge >= 0.3 is 5.97 Å². The Bertz CT molecular complexity index is 1020. The van der Waals surface area contributed by atoms with E-state index in [1.54, 1.807) is 6.92 Å². The summed E-state index contributed by atoms with van der Waals surface area (Å²) >= 11 is 0. The number of carbonyl (C=O) groups excluding carboxylic acids is 2. The molecule has 0 amide bonds. The maximum atomic E-state index is 15.1. The third kappa shape index (κ3) is 7.87. The Labute approximate surface area is 212 Å². The van der Waals surface area contributed by atoms with E-state index < -0.39 is 53.6 Å². The number of hydrogen-bond acceptors (Lipinski definition) is 7. The number of esters is 1. The Hall–Kier alpha value is -2.76. The lowest BCUT2D eigenvalue weighted by molar-refractivity contribution is -0.154. The van der Waals surface area contributed by atoms with E-state index in [0.717, 1.165) is 18.1 Å². The van der Waals surface area contributed by atoms with Crippen molar-refractivity contribution in [2.45, 2.75) is 91.5 Å². The van der Waals surface area contributed by atoms with Crippen LogP contribution in [-0.4, -0.2) is 45.3 Å². The molecule has 0 spiro atoms. The number of nitrogens with zero attached hydrogens (tertiary/aromatic N) is 1. The second-order valence-electron chi connectivity index (χ2n) is 10.3. The number of cyclic esters (lactones) is 1. The molecule has 0 radical (unpaired) electrons. The Morgan fingerprint density at radius 3 is 2.64 bits per heavy atom. The minimum absolute atomic E-state index is 0.0173. The van der Waals surface area contributed by atoms with Gasteiger partial charge in [-0.1, -0.05) is 32.4 Å². The number of aryl methyl sites for hydroxylation is 1. The van der Waals surface area contributed by atoms with Crippen LogP contribution in [0.1, 0.15) is 77.8 Å². The molecule has 1 aromatic rings. The lowest BCUT2D eigenvalue weighted by Gasteiger charge is -2.35. The lowest BCUT2D eigenvalue weighted by Crippen LogP contribution is -2.46. The highest BCUT2D eigenvalue weighted by Gasteiger charge is 2.43. The fraction of sp³-hybridized carbons (Fsp3) is 0.607. The fourth-order valence-corrected chi connectivity index (χ4v) is 4.34. The first kappa shape index (κ1) is 29.5. The van der Waals surface area contributed by atoms with Crippen molar-refractivity contribution in [3.63, 3.8) is 0 Å². The Balaban J connectivity index is 2.37. The smallest absolute Gasteiger partial charge is 0.309 e. The Morgan fingerprint density at radius 1 is 1.33 bits per heavy atom. The molecule has 1 aliphatic rings. The van der Waals surface area contributed by atoms with E-state index >= 15 is 4.39 Å². The van der Waals surface area contributed by atoms with E-state index in [-0.39, 0.29) is 24.5 Å². The van der Waals surface area contributed by atoms with Gasteiger partial charge in [0, 0.05) is 25.8 Å². The van der Waals surface area contributed by atoms with Crippen LogP contribution in [-0.2, 0) is 14.3 Å². The highest BCUT2D eigenvalue weighted by molar-refractivity contribution is 5.88. The molecule has 0 unspecified atom stereocenters. The van der Waals surface area contributed by atoms with Crippen LogP contribution in [0.3, 0.4) is 0 Å². The van der Waals surface area contributed by atoms with E-state index in [1.165, 1.54) is 20.1 Å². The third-order valence-corrected chi connectivity index (χ3v) is 6.91. The van der Waals surface area contributed by atoms with Gasteiger partial charge in [-0.2, -0.15) is 0 Å². The van der Waals surface area contributed by atoms with Gasteiger partial charge in [0.25, 0.3) is 0 Å². The summed E-state index contributed by atoms with van der Waals surface area (Å²) in [6.45, 7) is 8.42. The number of allylic oxidation sites excluding steroid dienone is 1. The minimum atomic E-state index is -1.42. The van der Waals surface area contributed by atoms with E-state index in [2.05, 4.69) is 10.9 Å². The molecular weight excluding hydrogens is 465 g/mol. The van der Waals surface area contributed by atoms with Crippen LogP contribution in [0.2, 0.25) is 0 Å². The Morgan fingerprint density at radius 2 is 2.03 bits per heavy atom. The van der Waals surface area contributed by atoms with Crippen LogP contribution in [0.5, 0.6) is 0 Å². The number of Topliss-reactive ketones (excluding diaryl/α,β-unsaturated/α-hetero) is 1. The van der Waals surface area contributed by atoms with Crippen LogP contribution in [0.4, 0.5) is 4.39 Å². The maximum absolute atomic E-state index is 15.1. The van der Waals surface area contributed by atoms with Crippen molar-refractivity contribution < 1.29 is 33.3 Å². The van der Waals surface area contributed by atoms with Crippen molar-refractivity contribution in [3.8, 4) is 12.3 Å². The first-order valence-corrected chi connectivity index (χ1v) is 12.3. The quantitative estimate of drug-likeness (QED) is 0.349. The zero-order valence-corrected chi connectivity index (χ0v) is 21.8. The number of rotatable bonds is 3. The van der Waals surface area contributed by atoms with Gasteiger partial charge in [-0.05, 0) is 32.1 Å². The highest BCUT2D eigenvalue weighted by Crippen LogP contribution is 2.34. The fourth-order valence-electron chi connectivity index (χ4n) is 4.34. The van der Waals surface area contributed by atoms with Gasteiger partial charge in [0.15, 0.2) is 12.0 Å². The van der Waals surface area contributed by atoms with E-state index in [1.807, 2.05) is 19.9 Å². The van der Waals surface area contributed by atoms with Crippen molar-refractivity contribution in [1.29, 1.82) is 0 Å². The number of aliphatic hydroxyl groups excluding tert-OH is 2. The van der Waals surface area contributed by atoms with E-state index in [0.29, 0.717) is 18.7 Å². The van der Waals surface area contributed by atoms with Crippen LogP contribution >= 0.6 is 0 Å². The number of aliphatic hydroxyl groups is 2. The zero-order valence-electron chi connectivity index (χ0n) is 21.8. The normalized spacial score (nSPS) is 30.7. The van der Waals surface area contributed by atoms with Gasteiger partial charge in [-0.15, -0.1) is 12.3 Å². The molecule has 5 atom stereocenters. The number of oxazole rings is 1. The van der Waals surface area contributed by atoms with Gasteiger partial charge in [-0.25, -0.2) is 9.37 Å². The standard InChI is InChI=1S/C28H38FNO6/c1-7-9-21-26(33)18(3)11-8-10-17(2)12-13-23(22(29)14-20-16-35-19(4)30-20)36-25(32)15-24(31)28(5,6)27(21)34/h1,12,14,16,18,21,23-24,26,31,33H,8-11,13,15H2,2-6H3/b17-12-,22-14-/t18-,21-,23+,24-,26+/m1/s1. The third-order valence-electron chi connectivity index (χ3n) is 6.91. The zero-order chi connectivity index (χ0) is 27.0. The molecule has 1 aliphatic heterocycles. The van der Waals surface area contributed by atoms with Crippen molar-refractivity contribution in [3.05, 3.63) is 35.3 Å². The van der Waals surface area contributed by atoms with Gasteiger partial charge in [0.1, 0.15) is 23.6 Å². The van der Waals surface area contributed by atoms with Crippen molar-refractivity contribution in [2.24, 2.45) is 17.3 Å². The molecule has 0 aromatic carbocycles. The summed E-state index contributed by atoms with van der Waals surface area (Å²) in [7, 11) is 0. The molecule has 8 heteroatoms. The molecule has 2 rings (SSSR count). The summed E-state index contributed by atoms with van der Waals surface area (Å²) in [4.78, 5) is 30.2. The number of terminal acetylenes is 1. The van der Waals surface area contributed by atoms with Crippen molar-refractivity contribution >= 4 is 17.8 Å². The molecule has 36 heavy (non-hydrogen) atoms. The number of ether oxygens (including phenoxy) is 1. The van der Waals surface area contributed by atoms with E-state index in [4.69, 9.17) is 15.6 Å². The molecule has 7 nitrogen and oxygen atoms in total. The van der Waals surface area contributed by atoms with Crippen LogP contribution in [0.15, 0.2) is 28.2 Å². The number of halogens is 1. The molecule has 198 valence electrons. The van der Waals surface area contributed by atoms with Crippen molar-refractivity contribution in [2.75, 3.05) is 0 Å². The summed E-state index contributed by atoms with van der Waals surface area (Å²) in [6, 6.07) is 0. The average molecular weight is 504 g/mol. The lowest BCUT2D eigenvalue weighted by atomic mass is 9.71. The molecule has 0 saturated heterocycles. The molecule has 0 bridgehead atoms. The predicted molar refractivity (Wildman–Crippen MR) is 134 cm³/mol. The SMILES string of the molecule is C#CC[C@H]1C(=O)C(C)(C)[C@H](O)CC(=O)O[C@H](/C(F)=C/c2coc(C)n2)C/C=C(/C)CCC[C@@H](C)[C@@H]1O. The van der Waals surface area contributed by atoms with Gasteiger partial charge in [0.2, 0.25) is 0 Å². The summed E-state index contributed by atoms with van der Waals surface area (Å²) in [5, 5.41) is 21.8. The largest absolute Gasteiger partial charge is 0.455 e. The van der Waals surface area contributed by atoms with Crippen LogP contribution < -0.4 is 0 Å². The minimum Gasteiger partial charge on any atom is -0.455 e. The maximum Gasteiger partial charge on any atom is 0.309 e. The monoisotopic (exact) mass is 503 g/mol. The number of ketones is 1. The second-order valence-corrected chi connectivity index (χ2v) is 10.3. The summed E-state index contributed by atoms with van der Waals surface area (Å²) < 4.78 is 25.6. The number of hydrogen-bond donors (Lipinski definition) is 2. The first-order valence-electron chi connectivity index (χ1n) is 12.3. The molecule has 0 aliphatic carbocycles. The number of carbonyl (C=O) groups is 2. The summed E-state index contributed by atoms with van der Waals surface area (Å²) in [5.41, 5.74) is -0.156. The average Bonchev–Trinajstić information content (AvgIpc) is 3.22. The molecule has 0 saturated carbocycles. The predicted octanol–water partition coefficient (Wildman–Crippen LogP) is 4.71. The second kappa shape index (κ2) is 13.0. The molecular formula is C28H38FNO6. The van der Waals surface area contributed by atoms with E-state index in [9.17, 15) is 19.8 Å². The van der Waals surface area contributed by atoms with Gasteiger partial charge < -0.3 is 19.4 Å². The molecule has 0 fully saturated rings. The highest BCUT2D eigenvalue weighted by atomic mass is 19.1. The summed E-state index contributed by atoms with van der Waals surface area (Å²) in [5.74, 6) is -0.242. The molecule has 1 aromatic heterocycles. The molecule has 2 N–H and O–H groups in total. The van der Waals surface area contributed by atoms with Gasteiger partial charge in [0.05, 0.1) is 30.0 Å². The van der Waals surface area contributed by atoms with Crippen LogP contribution in [0.25, 0.3) is 6.08 Å². The number of aromatic nitrogens is 1. The topological polar surface area (TPSA) is 110 Å². The summed E-state index contributed by atoms with van der Waals surface area (Å²) in [6.07, 6.45) is 7.80.